The molecule has 2 amide bonds. The standard InChI is InChI=1S/C36H28N4O10/c41-13-23-31(44)32(45)33(46)36(50-23)39-22-12-18(43)7-9-20(22)25-27-26(24-19-8-6-17(42)11-21(19)38-29(24)30(25)39)34(47)40(35(27)48)49-14-16-4-1-3-15-5-2-10-37-28(15)16/h1-12,23,31-33,36,38,41-46H,13-14H2. The number of H-pyrrole nitrogens is 1. The summed E-state index contributed by atoms with van der Waals surface area (Å²) in [5.74, 6) is -1.73. The van der Waals surface area contributed by atoms with Crippen molar-refractivity contribution in [2.75, 3.05) is 6.61 Å². The second-order valence-corrected chi connectivity index (χ2v) is 12.5. The van der Waals surface area contributed by atoms with Crippen LogP contribution in [0, 0.1) is 0 Å². The monoisotopic (exact) mass is 676 g/mol. The Bertz CT molecular complexity index is 2570. The van der Waals surface area contributed by atoms with Gasteiger partial charge in [0, 0.05) is 50.8 Å². The van der Waals surface area contributed by atoms with E-state index in [-0.39, 0.29) is 45.7 Å². The molecule has 2 aliphatic heterocycles. The van der Waals surface area contributed by atoms with Crippen molar-refractivity contribution in [2.45, 2.75) is 37.3 Å². The van der Waals surface area contributed by atoms with Gasteiger partial charge in [-0.05, 0) is 30.3 Å². The van der Waals surface area contributed by atoms with Crippen molar-refractivity contribution in [2.24, 2.45) is 0 Å². The van der Waals surface area contributed by atoms with E-state index >= 15 is 0 Å². The Labute approximate surface area is 280 Å². The smallest absolute Gasteiger partial charge is 0.286 e. The number of hydroxylamine groups is 2. The van der Waals surface area contributed by atoms with Gasteiger partial charge in [0.1, 0.15) is 42.5 Å². The lowest BCUT2D eigenvalue weighted by Crippen LogP contribution is -2.56. The first kappa shape index (κ1) is 30.4. The molecular weight excluding hydrogens is 648 g/mol. The van der Waals surface area contributed by atoms with Gasteiger partial charge in [-0.15, -0.1) is 5.06 Å². The molecule has 50 heavy (non-hydrogen) atoms. The topological polar surface area (TPSA) is 211 Å². The average Bonchev–Trinajstić information content (AvgIpc) is 3.73. The molecule has 1 fully saturated rings. The first-order valence-corrected chi connectivity index (χ1v) is 15.8. The van der Waals surface area contributed by atoms with Crippen LogP contribution >= 0.6 is 0 Å². The third kappa shape index (κ3) is 4.14. The maximum absolute atomic E-state index is 14.5. The number of hydrogen-bond acceptors (Lipinski definition) is 11. The van der Waals surface area contributed by atoms with Crippen molar-refractivity contribution in [3.63, 3.8) is 0 Å². The number of rotatable bonds is 5. The molecule has 7 N–H and O–H groups in total. The number of aromatic hydroxyl groups is 2. The number of carbonyl (C=O) groups is 2. The Morgan fingerprint density at radius 1 is 0.840 bits per heavy atom. The number of imide groups is 1. The number of aromatic amines is 1. The summed E-state index contributed by atoms with van der Waals surface area (Å²) in [6.45, 7) is -0.847. The minimum absolute atomic E-state index is 0.0125. The van der Waals surface area contributed by atoms with Crippen LogP contribution in [0.25, 0.3) is 54.5 Å². The molecule has 7 aromatic rings. The van der Waals surface area contributed by atoms with Crippen molar-refractivity contribution in [3.05, 3.63) is 89.6 Å². The molecule has 1 saturated heterocycles. The molecule has 5 atom stereocenters. The fraction of sp³-hybridized carbons (Fsp3) is 0.194. The predicted molar refractivity (Wildman–Crippen MR) is 178 cm³/mol. The molecule has 14 heteroatoms. The van der Waals surface area contributed by atoms with E-state index in [2.05, 4.69) is 9.97 Å². The molecule has 252 valence electrons. The van der Waals surface area contributed by atoms with Crippen molar-refractivity contribution >= 4 is 66.3 Å². The summed E-state index contributed by atoms with van der Waals surface area (Å²) < 4.78 is 7.47. The Balaban J connectivity index is 1.32. The van der Waals surface area contributed by atoms with Gasteiger partial charge >= 0.3 is 0 Å². The number of aliphatic hydroxyl groups is 4. The molecule has 5 heterocycles. The number of nitrogens with one attached hydrogen (secondary N) is 1. The average molecular weight is 677 g/mol. The fourth-order valence-electron chi connectivity index (χ4n) is 7.49. The van der Waals surface area contributed by atoms with Gasteiger partial charge in [0.05, 0.1) is 45.3 Å². The molecule has 0 bridgehead atoms. The van der Waals surface area contributed by atoms with E-state index in [9.17, 15) is 40.2 Å². The van der Waals surface area contributed by atoms with Gasteiger partial charge in [-0.3, -0.25) is 19.4 Å². The molecule has 4 aromatic carbocycles. The van der Waals surface area contributed by atoms with Gasteiger partial charge in [-0.25, -0.2) is 0 Å². The van der Waals surface area contributed by atoms with Gasteiger partial charge in [0.2, 0.25) is 0 Å². The van der Waals surface area contributed by atoms with Crippen LogP contribution in [-0.2, 0) is 16.2 Å². The number of para-hydroxylation sites is 1. The number of ether oxygens (including phenoxy) is 1. The Hall–Kier alpha value is -5.61. The minimum Gasteiger partial charge on any atom is -0.508 e. The SMILES string of the molecule is O=C1c2c(c3c4ccc(O)cc4n(C4OC(CO)C(O)C(O)C4O)c3c3[nH]c4cc(O)ccc4c23)C(=O)N1OCc1cccc2cccnc12. The molecule has 14 nitrogen and oxygen atoms in total. The van der Waals surface area contributed by atoms with Crippen LogP contribution in [0.1, 0.15) is 32.5 Å². The molecule has 0 aliphatic carbocycles. The highest BCUT2D eigenvalue weighted by Gasteiger charge is 2.47. The second-order valence-electron chi connectivity index (χ2n) is 12.5. The fourth-order valence-corrected chi connectivity index (χ4v) is 7.49. The molecule has 0 spiro atoms. The largest absolute Gasteiger partial charge is 0.508 e. The molecule has 0 saturated carbocycles. The van der Waals surface area contributed by atoms with Crippen molar-refractivity contribution in [1.82, 2.24) is 19.6 Å². The Morgan fingerprint density at radius 3 is 2.34 bits per heavy atom. The quantitative estimate of drug-likeness (QED) is 0.132. The van der Waals surface area contributed by atoms with Crippen molar-refractivity contribution in [1.29, 1.82) is 0 Å². The van der Waals surface area contributed by atoms with Crippen LogP contribution in [0.2, 0.25) is 0 Å². The van der Waals surface area contributed by atoms with Crippen LogP contribution in [0.15, 0.2) is 72.9 Å². The summed E-state index contributed by atoms with van der Waals surface area (Å²) in [4.78, 5) is 42.5. The van der Waals surface area contributed by atoms with Crippen LogP contribution in [0.5, 0.6) is 11.5 Å². The normalized spacial score (nSPS) is 22.6. The van der Waals surface area contributed by atoms with Gasteiger partial charge in [-0.2, -0.15) is 0 Å². The highest BCUT2D eigenvalue weighted by Crippen LogP contribution is 2.48. The van der Waals surface area contributed by atoms with Crippen LogP contribution in [0.4, 0.5) is 0 Å². The first-order chi connectivity index (χ1) is 24.2. The lowest BCUT2D eigenvalue weighted by Gasteiger charge is -2.41. The molecule has 9 rings (SSSR count). The summed E-state index contributed by atoms with van der Waals surface area (Å²) in [6, 6.07) is 18.0. The van der Waals surface area contributed by atoms with E-state index in [1.807, 2.05) is 18.2 Å². The number of phenols is 2. The highest BCUT2D eigenvalue weighted by molar-refractivity contribution is 6.39. The number of pyridine rings is 1. The third-order valence-corrected chi connectivity index (χ3v) is 9.74. The number of aromatic nitrogens is 3. The second kappa shape index (κ2) is 10.9. The summed E-state index contributed by atoms with van der Waals surface area (Å²) in [5.41, 5.74) is 2.55. The number of hydrogen-bond donors (Lipinski definition) is 7. The maximum Gasteiger partial charge on any atom is 0.286 e. The van der Waals surface area contributed by atoms with E-state index in [1.165, 1.54) is 28.8 Å². The molecule has 5 unspecified atom stereocenters. The van der Waals surface area contributed by atoms with Crippen LogP contribution in [-0.4, -0.2) is 93.1 Å². The van der Waals surface area contributed by atoms with E-state index in [4.69, 9.17) is 9.57 Å². The summed E-state index contributed by atoms with van der Waals surface area (Å²) in [5, 5.41) is 66.7. The zero-order valence-corrected chi connectivity index (χ0v) is 25.9. The lowest BCUT2D eigenvalue weighted by molar-refractivity contribution is -0.249. The maximum atomic E-state index is 14.5. The number of nitrogens with zero attached hydrogens (tertiary/aromatic N) is 3. The Morgan fingerprint density at radius 2 is 1.56 bits per heavy atom. The van der Waals surface area contributed by atoms with Crippen LogP contribution < -0.4 is 0 Å². The lowest BCUT2D eigenvalue weighted by atomic mass is 9.96. The van der Waals surface area contributed by atoms with Gasteiger partial charge in [0.25, 0.3) is 11.8 Å². The number of amides is 2. The summed E-state index contributed by atoms with van der Waals surface area (Å²) in [6.07, 6.45) is -6.21. The summed E-state index contributed by atoms with van der Waals surface area (Å²) in [7, 11) is 0. The highest BCUT2D eigenvalue weighted by atomic mass is 16.7. The molecule has 0 radical (unpaired) electrons. The number of aliphatic hydroxyl groups excluding tert-OH is 4. The zero-order valence-electron chi connectivity index (χ0n) is 25.9. The third-order valence-electron chi connectivity index (χ3n) is 9.74. The van der Waals surface area contributed by atoms with E-state index < -0.39 is 49.1 Å². The minimum atomic E-state index is -1.74. The molecular formula is C36H28N4O10. The molecule has 2 aliphatic rings. The van der Waals surface area contributed by atoms with Crippen molar-refractivity contribution in [3.8, 4) is 11.5 Å². The number of carbonyl (C=O) groups excluding carboxylic acids is 2. The summed E-state index contributed by atoms with van der Waals surface area (Å²) >= 11 is 0. The van der Waals surface area contributed by atoms with E-state index in [0.717, 1.165) is 5.39 Å². The predicted octanol–water partition coefficient (Wildman–Crippen LogP) is 3.09. The number of fused-ring (bicyclic) bond motifs is 11. The number of phenolic OH excluding ortho intramolecular Hbond substituents is 2. The Kier molecular flexibility index (Phi) is 6.67. The van der Waals surface area contributed by atoms with E-state index in [0.29, 0.717) is 43.3 Å². The molecule has 3 aromatic heterocycles. The van der Waals surface area contributed by atoms with E-state index in [1.54, 1.807) is 30.5 Å². The van der Waals surface area contributed by atoms with Gasteiger partial charge in [0.15, 0.2) is 6.23 Å². The van der Waals surface area contributed by atoms with Crippen LogP contribution in [0.3, 0.4) is 0 Å². The van der Waals surface area contributed by atoms with Gasteiger partial charge < -0.3 is 44.9 Å². The van der Waals surface area contributed by atoms with Crippen molar-refractivity contribution < 1.29 is 49.8 Å². The zero-order chi connectivity index (χ0) is 34.6. The number of benzene rings is 4. The first-order valence-electron chi connectivity index (χ1n) is 15.8. The van der Waals surface area contributed by atoms with Gasteiger partial charge in [-0.1, -0.05) is 24.3 Å².